The summed E-state index contributed by atoms with van der Waals surface area (Å²) in [5.74, 6) is -0.103. The van der Waals surface area contributed by atoms with Crippen molar-refractivity contribution < 1.29 is 19.1 Å². The van der Waals surface area contributed by atoms with Gasteiger partial charge in [0, 0.05) is 12.3 Å². The van der Waals surface area contributed by atoms with Crippen LogP contribution in [0.1, 0.15) is 60.3 Å². The lowest BCUT2D eigenvalue weighted by Gasteiger charge is -2.35. The molecule has 0 saturated heterocycles. The summed E-state index contributed by atoms with van der Waals surface area (Å²) in [5, 5.41) is 0. The lowest BCUT2D eigenvalue weighted by Crippen LogP contribution is -2.39. The predicted molar refractivity (Wildman–Crippen MR) is 119 cm³/mol. The number of rotatable bonds is 8. The van der Waals surface area contributed by atoms with Crippen molar-refractivity contribution >= 4 is 12.1 Å². The van der Waals surface area contributed by atoms with Crippen LogP contribution in [0.4, 0.5) is 0 Å². The van der Waals surface area contributed by atoms with Gasteiger partial charge in [-0.2, -0.15) is 0 Å². The second-order valence-electron chi connectivity index (χ2n) is 8.19. The number of hydrogen-bond acceptors (Lipinski definition) is 4. The van der Waals surface area contributed by atoms with Gasteiger partial charge < -0.3 is 9.47 Å². The van der Waals surface area contributed by atoms with E-state index in [2.05, 4.69) is 40.0 Å². The number of carbonyl (C=O) groups is 2. The lowest BCUT2D eigenvalue weighted by atomic mass is 9.81. The van der Waals surface area contributed by atoms with Gasteiger partial charge in [0.1, 0.15) is 6.29 Å². The summed E-state index contributed by atoms with van der Waals surface area (Å²) in [4.78, 5) is 22.9. The molecule has 0 spiro atoms. The Balaban J connectivity index is 0.000000396. The van der Waals surface area contributed by atoms with E-state index in [9.17, 15) is 9.59 Å². The van der Waals surface area contributed by atoms with Crippen LogP contribution >= 0.6 is 0 Å². The Morgan fingerprint density at radius 1 is 1.17 bits per heavy atom. The monoisotopic (exact) mass is 400 g/mol. The highest BCUT2D eigenvalue weighted by Crippen LogP contribution is 2.33. The van der Waals surface area contributed by atoms with Crippen molar-refractivity contribution in [3.05, 3.63) is 59.3 Å². The van der Waals surface area contributed by atoms with Crippen molar-refractivity contribution in [3.63, 3.8) is 0 Å². The third kappa shape index (κ3) is 9.33. The molecule has 4 nitrogen and oxygen atoms in total. The van der Waals surface area contributed by atoms with E-state index in [0.717, 1.165) is 31.1 Å². The van der Waals surface area contributed by atoms with Crippen LogP contribution in [0.5, 0.6) is 0 Å². The van der Waals surface area contributed by atoms with Crippen molar-refractivity contribution in [1.82, 2.24) is 0 Å². The normalized spacial score (nSPS) is 22.9. The second-order valence-corrected chi connectivity index (χ2v) is 8.19. The smallest absolute Gasteiger partial charge is 0.178 e. The van der Waals surface area contributed by atoms with Gasteiger partial charge in [0.25, 0.3) is 0 Å². The van der Waals surface area contributed by atoms with E-state index in [0.29, 0.717) is 24.2 Å². The molecule has 1 aliphatic carbocycles. The molecule has 2 rings (SSSR count). The highest BCUT2D eigenvalue weighted by molar-refractivity contribution is 5.97. The number of carbonyl (C=O) groups excluding carboxylic acids is 2. The second kappa shape index (κ2) is 12.5. The van der Waals surface area contributed by atoms with E-state index in [1.54, 1.807) is 19.1 Å². The maximum Gasteiger partial charge on any atom is 0.178 e. The Bertz CT molecular complexity index is 704. The average Bonchev–Trinajstić information content (AvgIpc) is 2.62. The quantitative estimate of drug-likeness (QED) is 0.389. The molecule has 0 bridgehead atoms. The molecule has 0 aromatic rings. The highest BCUT2D eigenvalue weighted by atomic mass is 16.7. The van der Waals surface area contributed by atoms with Crippen LogP contribution in [0.3, 0.4) is 0 Å². The molecule has 4 heteroatoms. The molecule has 0 fully saturated rings. The summed E-state index contributed by atoms with van der Waals surface area (Å²) in [6.45, 7) is 18.2. The van der Waals surface area contributed by atoms with Crippen molar-refractivity contribution in [2.24, 2.45) is 5.92 Å². The molecule has 0 amide bonds. The molecule has 2 aliphatic rings. The molecule has 0 aromatic heterocycles. The van der Waals surface area contributed by atoms with Gasteiger partial charge >= 0.3 is 0 Å². The predicted octanol–water partition coefficient (Wildman–Crippen LogP) is 5.66. The first kappa shape index (κ1) is 25.0. The Hall–Kier alpha value is -2.04. The van der Waals surface area contributed by atoms with E-state index in [4.69, 9.17) is 9.47 Å². The molecule has 0 radical (unpaired) electrons. The summed E-state index contributed by atoms with van der Waals surface area (Å²) in [6.07, 6.45) is 9.09. The zero-order chi connectivity index (χ0) is 22.0. The maximum absolute atomic E-state index is 11.7. The molecule has 29 heavy (non-hydrogen) atoms. The van der Waals surface area contributed by atoms with Gasteiger partial charge in [-0.25, -0.2) is 0 Å². The van der Waals surface area contributed by atoms with Crippen LogP contribution in [0.25, 0.3) is 0 Å². The van der Waals surface area contributed by atoms with Crippen LogP contribution in [-0.4, -0.2) is 31.1 Å². The number of hydrogen-bond donors (Lipinski definition) is 0. The van der Waals surface area contributed by atoms with E-state index >= 15 is 0 Å². The zero-order valence-electron chi connectivity index (χ0n) is 18.6. The third-order valence-corrected chi connectivity index (χ3v) is 4.77. The number of fused-ring (bicyclic) bond motifs is 1. The van der Waals surface area contributed by atoms with Crippen molar-refractivity contribution in [2.75, 3.05) is 6.61 Å². The molecule has 3 unspecified atom stereocenters. The topological polar surface area (TPSA) is 52.6 Å². The number of ether oxygens (including phenoxy) is 2. The first-order valence-electron chi connectivity index (χ1n) is 10.2. The molecular formula is C25H36O4. The Morgan fingerprint density at radius 2 is 1.83 bits per heavy atom. The first-order chi connectivity index (χ1) is 13.6. The molecule has 1 aliphatic heterocycles. The van der Waals surface area contributed by atoms with Crippen LogP contribution in [-0.2, 0) is 19.1 Å². The zero-order valence-corrected chi connectivity index (χ0v) is 18.6. The van der Waals surface area contributed by atoms with Gasteiger partial charge in [0.05, 0.1) is 12.7 Å². The maximum atomic E-state index is 11.7. The van der Waals surface area contributed by atoms with E-state index in [1.807, 2.05) is 6.92 Å². The minimum atomic E-state index is -0.534. The summed E-state index contributed by atoms with van der Waals surface area (Å²) < 4.78 is 11.4. The SMILES string of the molecule is C=C(C)CCC=C(C)C.C=C(C)CCOC1C=C(C=O)C2CC(=O)C(C)=CC2O1. The molecule has 0 aromatic carbocycles. The number of aldehydes is 1. The van der Waals surface area contributed by atoms with Gasteiger partial charge in [-0.15, -0.1) is 13.2 Å². The summed E-state index contributed by atoms with van der Waals surface area (Å²) in [5.41, 5.74) is 5.00. The van der Waals surface area contributed by atoms with Crippen LogP contribution < -0.4 is 0 Å². The van der Waals surface area contributed by atoms with E-state index < -0.39 is 6.29 Å². The fourth-order valence-corrected chi connectivity index (χ4v) is 3.02. The van der Waals surface area contributed by atoms with Crippen LogP contribution in [0.15, 0.2) is 59.3 Å². The van der Waals surface area contributed by atoms with Gasteiger partial charge in [0.2, 0.25) is 0 Å². The Labute approximate surface area is 176 Å². The number of Topliss-reactive ketones (excluding diaryl/α,β-unsaturated/α-hetero) is 1. The summed E-state index contributed by atoms with van der Waals surface area (Å²) >= 11 is 0. The van der Waals surface area contributed by atoms with E-state index in [1.165, 1.54) is 11.1 Å². The van der Waals surface area contributed by atoms with Crippen LogP contribution in [0, 0.1) is 5.92 Å². The van der Waals surface area contributed by atoms with Crippen molar-refractivity contribution in [3.8, 4) is 0 Å². The molecule has 1 heterocycles. The van der Waals surface area contributed by atoms with Crippen LogP contribution in [0.2, 0.25) is 0 Å². The molecular weight excluding hydrogens is 364 g/mol. The van der Waals surface area contributed by atoms with Gasteiger partial charge in [-0.1, -0.05) is 22.8 Å². The van der Waals surface area contributed by atoms with Gasteiger partial charge in [0.15, 0.2) is 12.1 Å². The number of ketones is 1. The van der Waals surface area contributed by atoms with E-state index in [-0.39, 0.29) is 17.8 Å². The minimum absolute atomic E-state index is 0.0734. The molecule has 0 N–H and O–H groups in total. The summed E-state index contributed by atoms with van der Waals surface area (Å²) in [7, 11) is 0. The fraction of sp³-hybridized carbons (Fsp3) is 0.520. The van der Waals surface area contributed by atoms with Crippen molar-refractivity contribution in [1.29, 1.82) is 0 Å². The Kier molecular flexibility index (Phi) is 10.8. The standard InChI is InChI=1S/C16H20O4.C9H16/c1-10(2)4-5-19-16-7-12(9-17)13-8-14(18)11(3)6-15(13)20-16;1-8(2)6-5-7-9(3)4/h6-7,9,13,15-16H,1,4-5,8H2,2-3H3;7H,1,5-6H2,2-4H3. The number of allylic oxidation sites excluding steroid dienone is 4. The molecule has 160 valence electrons. The summed E-state index contributed by atoms with van der Waals surface area (Å²) in [6, 6.07) is 0. The largest absolute Gasteiger partial charge is 0.349 e. The lowest BCUT2D eigenvalue weighted by molar-refractivity contribution is -0.153. The fourth-order valence-electron chi connectivity index (χ4n) is 3.02. The van der Waals surface area contributed by atoms with Gasteiger partial charge in [-0.3, -0.25) is 9.59 Å². The minimum Gasteiger partial charge on any atom is -0.349 e. The van der Waals surface area contributed by atoms with Crippen molar-refractivity contribution in [2.45, 2.75) is 72.7 Å². The van der Waals surface area contributed by atoms with Gasteiger partial charge in [-0.05, 0) is 77.2 Å². The molecule has 3 atom stereocenters. The highest BCUT2D eigenvalue weighted by Gasteiger charge is 2.36. The molecule has 0 saturated carbocycles. The first-order valence-corrected chi connectivity index (χ1v) is 10.2. The third-order valence-electron chi connectivity index (χ3n) is 4.77. The average molecular weight is 401 g/mol. The Morgan fingerprint density at radius 3 is 2.38 bits per heavy atom.